The normalized spacial score (nSPS) is 19.6. The van der Waals surface area contributed by atoms with Crippen LogP contribution in [0.4, 0.5) is 13.2 Å². The zero-order chi connectivity index (χ0) is 15.5. The van der Waals surface area contributed by atoms with Crippen LogP contribution in [0.2, 0.25) is 0 Å². The molecule has 1 saturated heterocycles. The standard InChI is InChI=1S/C15H17BrF3NO/c16-9-12-2-1-7-20(10-12)14(21)8-11-3-5-13(6-4-11)15(17,18)19/h3-6,12H,1-2,7-10H2. The highest BCUT2D eigenvalue weighted by Crippen LogP contribution is 2.29. The highest BCUT2D eigenvalue weighted by atomic mass is 79.9. The lowest BCUT2D eigenvalue weighted by Gasteiger charge is -2.32. The summed E-state index contributed by atoms with van der Waals surface area (Å²) in [6.45, 7) is 1.47. The molecule has 1 heterocycles. The fourth-order valence-corrected chi connectivity index (χ4v) is 3.04. The van der Waals surface area contributed by atoms with Crippen LogP contribution in [0.1, 0.15) is 24.0 Å². The molecule has 2 nitrogen and oxygen atoms in total. The van der Waals surface area contributed by atoms with Crippen LogP contribution in [0, 0.1) is 5.92 Å². The Kier molecular flexibility index (Phi) is 5.30. The molecule has 1 aliphatic rings. The molecule has 0 aliphatic carbocycles. The Hall–Kier alpha value is -1.04. The van der Waals surface area contributed by atoms with E-state index >= 15 is 0 Å². The molecule has 0 saturated carbocycles. The monoisotopic (exact) mass is 363 g/mol. The maximum atomic E-state index is 12.5. The third kappa shape index (κ3) is 4.46. The number of benzene rings is 1. The molecule has 1 amide bonds. The third-order valence-electron chi connectivity index (χ3n) is 3.73. The van der Waals surface area contributed by atoms with Crippen LogP contribution < -0.4 is 0 Å². The molecule has 6 heteroatoms. The lowest BCUT2D eigenvalue weighted by molar-refractivity contribution is -0.137. The van der Waals surface area contributed by atoms with Crippen LogP contribution in [0.5, 0.6) is 0 Å². The first-order valence-corrected chi connectivity index (χ1v) is 8.02. The second-order valence-corrected chi connectivity index (χ2v) is 6.02. The highest BCUT2D eigenvalue weighted by Gasteiger charge is 2.30. The predicted octanol–water partition coefficient (Wildman–Crippen LogP) is 3.88. The summed E-state index contributed by atoms with van der Waals surface area (Å²) < 4.78 is 37.4. The van der Waals surface area contributed by atoms with Crippen molar-refractivity contribution >= 4 is 21.8 Å². The van der Waals surface area contributed by atoms with Crippen LogP contribution in [0.15, 0.2) is 24.3 Å². The van der Waals surface area contributed by atoms with Crippen molar-refractivity contribution in [2.45, 2.75) is 25.4 Å². The number of nitrogens with zero attached hydrogens (tertiary/aromatic N) is 1. The van der Waals surface area contributed by atoms with Gasteiger partial charge in [-0.1, -0.05) is 28.1 Å². The van der Waals surface area contributed by atoms with E-state index in [1.807, 2.05) is 4.90 Å². The van der Waals surface area contributed by atoms with E-state index in [-0.39, 0.29) is 12.3 Å². The van der Waals surface area contributed by atoms with Gasteiger partial charge in [0, 0.05) is 18.4 Å². The van der Waals surface area contributed by atoms with Crippen molar-refractivity contribution in [1.29, 1.82) is 0 Å². The minimum absolute atomic E-state index is 0.0135. The Morgan fingerprint density at radius 2 is 1.95 bits per heavy atom. The van der Waals surface area contributed by atoms with E-state index < -0.39 is 11.7 Å². The Morgan fingerprint density at radius 1 is 1.29 bits per heavy atom. The Labute approximate surface area is 130 Å². The van der Waals surface area contributed by atoms with E-state index in [1.165, 1.54) is 12.1 Å². The number of carbonyl (C=O) groups is 1. The molecule has 0 spiro atoms. The SMILES string of the molecule is O=C(Cc1ccc(C(F)(F)F)cc1)N1CCCC(CBr)C1. The second kappa shape index (κ2) is 6.81. The van der Waals surface area contributed by atoms with Crippen molar-refractivity contribution in [3.63, 3.8) is 0 Å². The first-order valence-electron chi connectivity index (χ1n) is 6.90. The first-order chi connectivity index (χ1) is 9.90. The third-order valence-corrected chi connectivity index (χ3v) is 4.64. The number of likely N-dealkylation sites (tertiary alicyclic amines) is 1. The van der Waals surface area contributed by atoms with E-state index in [1.54, 1.807) is 0 Å². The van der Waals surface area contributed by atoms with Gasteiger partial charge in [0.15, 0.2) is 0 Å². The lowest BCUT2D eigenvalue weighted by Crippen LogP contribution is -2.41. The largest absolute Gasteiger partial charge is 0.416 e. The number of hydrogen-bond acceptors (Lipinski definition) is 1. The molecule has 2 rings (SSSR count). The fraction of sp³-hybridized carbons (Fsp3) is 0.533. The summed E-state index contributed by atoms with van der Waals surface area (Å²) in [7, 11) is 0. The molecule has 1 fully saturated rings. The van der Waals surface area contributed by atoms with E-state index in [0.29, 0.717) is 11.5 Å². The van der Waals surface area contributed by atoms with Gasteiger partial charge in [-0.05, 0) is 36.5 Å². The van der Waals surface area contributed by atoms with Gasteiger partial charge in [0.05, 0.1) is 12.0 Å². The summed E-state index contributed by atoms with van der Waals surface area (Å²) in [5.41, 5.74) is -0.0648. The zero-order valence-corrected chi connectivity index (χ0v) is 13.1. The van der Waals surface area contributed by atoms with Gasteiger partial charge in [-0.25, -0.2) is 0 Å². The molecule has 1 atom stereocenters. The van der Waals surface area contributed by atoms with Crippen LogP contribution >= 0.6 is 15.9 Å². The van der Waals surface area contributed by atoms with E-state index in [0.717, 1.165) is 43.4 Å². The first kappa shape index (κ1) is 16.3. The predicted molar refractivity (Wildman–Crippen MR) is 78.2 cm³/mol. The summed E-state index contributed by atoms with van der Waals surface area (Å²) in [4.78, 5) is 14.0. The van der Waals surface area contributed by atoms with Crippen LogP contribution in [-0.4, -0.2) is 29.2 Å². The van der Waals surface area contributed by atoms with E-state index in [4.69, 9.17) is 0 Å². The topological polar surface area (TPSA) is 20.3 Å². The quantitative estimate of drug-likeness (QED) is 0.746. The van der Waals surface area contributed by atoms with Gasteiger partial charge >= 0.3 is 6.18 Å². The molecule has 1 aromatic carbocycles. The summed E-state index contributed by atoms with van der Waals surface area (Å²) in [5.74, 6) is 0.454. The summed E-state index contributed by atoms with van der Waals surface area (Å²) >= 11 is 3.44. The van der Waals surface area contributed by atoms with Gasteiger partial charge in [0.1, 0.15) is 0 Å². The number of carbonyl (C=O) groups excluding carboxylic acids is 1. The number of hydrogen-bond donors (Lipinski definition) is 0. The average Bonchev–Trinajstić information content (AvgIpc) is 2.47. The van der Waals surface area contributed by atoms with Crippen molar-refractivity contribution < 1.29 is 18.0 Å². The molecule has 0 radical (unpaired) electrons. The van der Waals surface area contributed by atoms with E-state index in [9.17, 15) is 18.0 Å². The molecular weight excluding hydrogens is 347 g/mol. The molecule has 1 aromatic rings. The van der Waals surface area contributed by atoms with Crippen molar-refractivity contribution in [3.05, 3.63) is 35.4 Å². The minimum atomic E-state index is -4.33. The van der Waals surface area contributed by atoms with Crippen molar-refractivity contribution in [2.24, 2.45) is 5.92 Å². The van der Waals surface area contributed by atoms with E-state index in [2.05, 4.69) is 15.9 Å². The summed E-state index contributed by atoms with van der Waals surface area (Å²) in [6, 6.07) is 4.82. The molecule has 1 aliphatic heterocycles. The maximum absolute atomic E-state index is 12.5. The van der Waals surface area contributed by atoms with Crippen LogP contribution in [0.3, 0.4) is 0 Å². The van der Waals surface area contributed by atoms with Gasteiger partial charge in [-0.3, -0.25) is 4.79 Å². The molecule has 0 bridgehead atoms. The van der Waals surface area contributed by atoms with Gasteiger partial charge < -0.3 is 4.90 Å². The average molecular weight is 364 g/mol. The number of amides is 1. The maximum Gasteiger partial charge on any atom is 0.416 e. The Bertz CT molecular complexity index is 487. The minimum Gasteiger partial charge on any atom is -0.342 e. The number of piperidine rings is 1. The Morgan fingerprint density at radius 3 is 2.52 bits per heavy atom. The molecule has 116 valence electrons. The highest BCUT2D eigenvalue weighted by molar-refractivity contribution is 9.09. The number of alkyl halides is 4. The van der Waals surface area contributed by atoms with Crippen LogP contribution in [-0.2, 0) is 17.4 Å². The van der Waals surface area contributed by atoms with Gasteiger partial charge in [0.2, 0.25) is 5.91 Å². The molecule has 1 unspecified atom stereocenters. The van der Waals surface area contributed by atoms with Crippen LogP contribution in [0.25, 0.3) is 0 Å². The van der Waals surface area contributed by atoms with Gasteiger partial charge in [-0.2, -0.15) is 13.2 Å². The molecular formula is C15H17BrF3NO. The zero-order valence-electron chi connectivity index (χ0n) is 11.5. The molecule has 0 N–H and O–H groups in total. The Balaban J connectivity index is 1.96. The molecule has 21 heavy (non-hydrogen) atoms. The van der Waals surface area contributed by atoms with Gasteiger partial charge in [0.25, 0.3) is 0 Å². The summed E-state index contributed by atoms with van der Waals surface area (Å²) in [5, 5.41) is 0.872. The summed E-state index contributed by atoms with van der Waals surface area (Å²) in [6.07, 6.45) is -2.09. The number of halogens is 4. The lowest BCUT2D eigenvalue weighted by atomic mass is 9.99. The van der Waals surface area contributed by atoms with Crippen molar-refractivity contribution in [2.75, 3.05) is 18.4 Å². The van der Waals surface area contributed by atoms with Crippen molar-refractivity contribution in [1.82, 2.24) is 4.90 Å². The fourth-order valence-electron chi connectivity index (χ4n) is 2.52. The molecule has 0 aromatic heterocycles. The van der Waals surface area contributed by atoms with Crippen molar-refractivity contribution in [3.8, 4) is 0 Å². The number of rotatable bonds is 3. The smallest absolute Gasteiger partial charge is 0.342 e. The van der Waals surface area contributed by atoms with Gasteiger partial charge in [-0.15, -0.1) is 0 Å². The second-order valence-electron chi connectivity index (χ2n) is 5.37.